The highest BCUT2D eigenvalue weighted by molar-refractivity contribution is 5.47. The molecule has 2 nitrogen and oxygen atoms in total. The Morgan fingerprint density at radius 3 is 2.21 bits per heavy atom. The van der Waals surface area contributed by atoms with Gasteiger partial charge >= 0.3 is 0 Å². The van der Waals surface area contributed by atoms with Crippen molar-refractivity contribution in [2.45, 2.75) is 27.7 Å². The van der Waals surface area contributed by atoms with Crippen LogP contribution in [0.1, 0.15) is 34.6 Å². The number of benzene rings is 1. The van der Waals surface area contributed by atoms with Crippen LogP contribution < -0.4 is 0 Å². The summed E-state index contributed by atoms with van der Waals surface area (Å²) in [6.45, 7) is 14.6. The van der Waals surface area contributed by atoms with Gasteiger partial charge in [-0.05, 0) is 0 Å². The predicted octanol–water partition coefficient (Wildman–Crippen LogP) is 4.16. The van der Waals surface area contributed by atoms with E-state index in [1.54, 1.807) is 0 Å². The zero-order valence-corrected chi connectivity index (χ0v) is 9.13. The molecule has 0 heterocycles. The van der Waals surface area contributed by atoms with E-state index in [2.05, 4.69) is 4.85 Å². The molecule has 14 heavy (non-hydrogen) atoms. The van der Waals surface area contributed by atoms with Crippen molar-refractivity contribution in [3.8, 4) is 6.07 Å². The van der Waals surface area contributed by atoms with Gasteiger partial charge in [-0.25, -0.2) is 4.85 Å². The van der Waals surface area contributed by atoms with Crippen LogP contribution in [0.5, 0.6) is 0 Å². The highest BCUT2D eigenvalue weighted by atomic mass is 14.6. The van der Waals surface area contributed by atoms with Gasteiger partial charge < -0.3 is 0 Å². The standard InChI is InChI=1S/C8H4N2.2C2H6/c1-10-8-4-2-7(6-9)3-5-8;2*1-2/h2-5H;2*1-2H3/i4D;;. The van der Waals surface area contributed by atoms with Gasteiger partial charge in [0.05, 0.1) is 12.6 Å². The lowest BCUT2D eigenvalue weighted by molar-refractivity contribution is 1.49. The highest BCUT2D eigenvalue weighted by Crippen LogP contribution is 2.11. The zero-order chi connectivity index (χ0) is 12.3. The molecule has 1 aromatic rings. The van der Waals surface area contributed by atoms with Crippen molar-refractivity contribution in [1.29, 1.82) is 5.26 Å². The van der Waals surface area contributed by atoms with Crippen molar-refractivity contribution >= 4 is 5.69 Å². The number of hydrogen-bond donors (Lipinski definition) is 0. The molecule has 0 saturated heterocycles. The van der Waals surface area contributed by atoms with E-state index >= 15 is 0 Å². The van der Waals surface area contributed by atoms with Crippen LogP contribution >= 0.6 is 0 Å². The molecule has 0 amide bonds. The summed E-state index contributed by atoms with van der Waals surface area (Å²) in [7, 11) is 0. The third kappa shape index (κ3) is 5.80. The minimum atomic E-state index is 0.110. The summed E-state index contributed by atoms with van der Waals surface area (Å²) >= 11 is 0. The molecule has 1 rings (SSSR count). The molecule has 0 atom stereocenters. The molecule has 1 aromatic carbocycles. The van der Waals surface area contributed by atoms with E-state index in [-0.39, 0.29) is 11.7 Å². The van der Waals surface area contributed by atoms with Gasteiger partial charge in [-0.3, -0.25) is 0 Å². The van der Waals surface area contributed by atoms with Crippen LogP contribution in [0.15, 0.2) is 24.2 Å². The summed E-state index contributed by atoms with van der Waals surface area (Å²) in [5.74, 6) is 0. The summed E-state index contributed by atoms with van der Waals surface area (Å²) in [5.41, 5.74) is 0.700. The third-order valence-electron chi connectivity index (χ3n) is 1.05. The summed E-state index contributed by atoms with van der Waals surface area (Å²) in [6.07, 6.45) is 0. The average molecular weight is 189 g/mol. The number of hydrogen-bond acceptors (Lipinski definition) is 1. The maximum absolute atomic E-state index is 8.41. The SMILES string of the molecule is CC.CC.[2H]c1cc(C#N)ccc1[N+]#[C-]. The maximum atomic E-state index is 8.41. The van der Waals surface area contributed by atoms with Gasteiger partial charge in [0.1, 0.15) is 0 Å². The molecule has 0 bridgehead atoms. The quantitative estimate of drug-likeness (QED) is 0.563. The smallest absolute Gasteiger partial charge is 0.187 e. The lowest BCUT2D eigenvalue weighted by atomic mass is 10.2. The van der Waals surface area contributed by atoms with E-state index in [4.69, 9.17) is 13.2 Å². The van der Waals surface area contributed by atoms with Crippen LogP contribution in [0.3, 0.4) is 0 Å². The first kappa shape index (κ1) is 12.2. The highest BCUT2D eigenvalue weighted by Gasteiger charge is 1.88. The molecule has 0 fully saturated rings. The summed E-state index contributed by atoms with van der Waals surface area (Å²) in [4.78, 5) is 3.10. The molecule has 2 heteroatoms. The molecule has 0 aliphatic heterocycles. The van der Waals surface area contributed by atoms with Crippen LogP contribution in [-0.2, 0) is 0 Å². The van der Waals surface area contributed by atoms with E-state index in [9.17, 15) is 0 Å². The fraction of sp³-hybridized carbons (Fsp3) is 0.333. The Kier molecular flexibility index (Phi) is 9.76. The molecule has 0 aliphatic rings. The minimum Gasteiger partial charge on any atom is -0.238 e. The molecule has 0 radical (unpaired) electrons. The van der Waals surface area contributed by atoms with Gasteiger partial charge in [0, 0.05) is 6.93 Å². The van der Waals surface area contributed by atoms with Crippen molar-refractivity contribution in [3.63, 3.8) is 0 Å². The van der Waals surface area contributed by atoms with Crippen molar-refractivity contribution < 1.29 is 1.37 Å². The minimum absolute atomic E-state index is 0.110. The topological polar surface area (TPSA) is 28.1 Å². The van der Waals surface area contributed by atoms with Crippen LogP contribution in [0.25, 0.3) is 4.85 Å². The van der Waals surface area contributed by atoms with Crippen LogP contribution in [0.2, 0.25) is 0 Å². The van der Waals surface area contributed by atoms with Gasteiger partial charge in [0.25, 0.3) is 0 Å². The first-order chi connectivity index (χ1) is 7.27. The number of rotatable bonds is 0. The van der Waals surface area contributed by atoms with Gasteiger partial charge in [-0.2, -0.15) is 5.26 Å². The van der Waals surface area contributed by atoms with E-state index in [0.29, 0.717) is 5.56 Å². The summed E-state index contributed by atoms with van der Waals surface area (Å²) in [6, 6.07) is 6.40. The summed E-state index contributed by atoms with van der Waals surface area (Å²) < 4.78 is 7.25. The number of nitrogens with zero attached hydrogens (tertiary/aromatic N) is 2. The Morgan fingerprint density at radius 2 is 1.86 bits per heavy atom. The van der Waals surface area contributed by atoms with E-state index < -0.39 is 0 Å². The molecule has 0 saturated carbocycles. The molecule has 0 aliphatic carbocycles. The molecule has 0 aromatic heterocycles. The molecule has 0 unspecified atom stereocenters. The van der Waals surface area contributed by atoms with Gasteiger partial charge in [-0.1, -0.05) is 51.9 Å². The molecular formula is C12H16N2. The molecular weight excluding hydrogens is 172 g/mol. The summed E-state index contributed by atoms with van der Waals surface area (Å²) in [5, 5.41) is 8.41. The second-order valence-electron chi connectivity index (χ2n) is 1.69. The Balaban J connectivity index is 0. The van der Waals surface area contributed by atoms with Gasteiger partial charge in [0.15, 0.2) is 5.69 Å². The molecule has 0 N–H and O–H groups in total. The molecule has 74 valence electrons. The maximum Gasteiger partial charge on any atom is 0.187 e. The average Bonchev–Trinajstić information content (AvgIpc) is 2.34. The van der Waals surface area contributed by atoms with Crippen molar-refractivity contribution in [1.82, 2.24) is 0 Å². The van der Waals surface area contributed by atoms with Crippen LogP contribution in [-0.4, -0.2) is 0 Å². The third-order valence-corrected chi connectivity index (χ3v) is 1.05. The first-order valence-electron chi connectivity index (χ1n) is 5.16. The Morgan fingerprint density at radius 1 is 1.29 bits per heavy atom. The second-order valence-corrected chi connectivity index (χ2v) is 1.69. The lowest BCUT2D eigenvalue weighted by Crippen LogP contribution is -1.68. The Labute approximate surface area is 88.0 Å². The van der Waals surface area contributed by atoms with E-state index in [1.807, 2.05) is 33.8 Å². The van der Waals surface area contributed by atoms with E-state index in [0.717, 1.165) is 0 Å². The Hall–Kier alpha value is -1.80. The van der Waals surface area contributed by atoms with Crippen LogP contribution in [0.4, 0.5) is 5.69 Å². The van der Waals surface area contributed by atoms with Crippen molar-refractivity contribution in [2.75, 3.05) is 0 Å². The number of nitriles is 1. The van der Waals surface area contributed by atoms with E-state index in [1.165, 1.54) is 18.2 Å². The van der Waals surface area contributed by atoms with Gasteiger partial charge in [-0.15, -0.1) is 0 Å². The molecule has 0 spiro atoms. The van der Waals surface area contributed by atoms with Gasteiger partial charge in [0.2, 0.25) is 0 Å². The fourth-order valence-electron chi connectivity index (χ4n) is 0.556. The lowest BCUT2D eigenvalue weighted by Gasteiger charge is -1.86. The van der Waals surface area contributed by atoms with Crippen LogP contribution in [0, 0.1) is 17.9 Å². The predicted molar refractivity (Wildman–Crippen MR) is 60.1 cm³/mol. The fourth-order valence-corrected chi connectivity index (χ4v) is 0.556. The zero-order valence-electron chi connectivity index (χ0n) is 10.1. The second kappa shape index (κ2) is 11.2. The largest absolute Gasteiger partial charge is 0.238 e. The monoisotopic (exact) mass is 189 g/mol. The first-order valence-corrected chi connectivity index (χ1v) is 4.66. The normalized spacial score (nSPS) is 7.43. The van der Waals surface area contributed by atoms with Crippen molar-refractivity contribution in [3.05, 3.63) is 41.2 Å². The Bertz CT molecular complexity index is 359. The van der Waals surface area contributed by atoms with Crippen molar-refractivity contribution in [2.24, 2.45) is 0 Å².